The number of hydrogen-bond acceptors (Lipinski definition) is 2. The Morgan fingerprint density at radius 2 is 1.89 bits per heavy atom. The van der Waals surface area contributed by atoms with E-state index in [1.165, 1.54) is 6.07 Å². The van der Waals surface area contributed by atoms with E-state index in [2.05, 4.69) is 4.98 Å². The van der Waals surface area contributed by atoms with Crippen LogP contribution in [0.2, 0.25) is 0 Å². The molecule has 0 fully saturated rings. The number of aromatic nitrogens is 1. The first-order chi connectivity index (χ1) is 8.49. The number of carboxylic acid groups (broad SMARTS) is 1. The summed E-state index contributed by atoms with van der Waals surface area (Å²) in [7, 11) is 0. The lowest BCUT2D eigenvalue weighted by atomic mass is 10.1. The van der Waals surface area contributed by atoms with Gasteiger partial charge in [-0.1, -0.05) is 6.07 Å². The number of benzene rings is 1. The largest absolute Gasteiger partial charge is 0.477 e. The maximum Gasteiger partial charge on any atom is 0.354 e. The van der Waals surface area contributed by atoms with Gasteiger partial charge in [-0.25, -0.2) is 22.9 Å². The quantitative estimate of drug-likeness (QED) is 0.837. The van der Waals surface area contributed by atoms with E-state index in [9.17, 15) is 18.0 Å². The van der Waals surface area contributed by atoms with E-state index < -0.39 is 23.4 Å². The topological polar surface area (TPSA) is 50.2 Å². The molecule has 3 nitrogen and oxygen atoms in total. The van der Waals surface area contributed by atoms with Gasteiger partial charge in [-0.2, -0.15) is 0 Å². The molecule has 1 aromatic heterocycles. The SMILES string of the molecule is O=C(O)c1ccc(-c2cc(F)cc(F)c2F)cn1. The lowest BCUT2D eigenvalue weighted by molar-refractivity contribution is 0.0690. The molecule has 0 radical (unpaired) electrons. The second kappa shape index (κ2) is 4.48. The summed E-state index contributed by atoms with van der Waals surface area (Å²) in [6, 6.07) is 3.60. The van der Waals surface area contributed by atoms with Crippen LogP contribution >= 0.6 is 0 Å². The van der Waals surface area contributed by atoms with Crippen molar-refractivity contribution in [3.8, 4) is 11.1 Å². The standard InChI is InChI=1S/C12H6F3NO2/c13-7-3-8(11(15)9(14)4-7)6-1-2-10(12(17)18)16-5-6/h1-5H,(H,17,18). The van der Waals surface area contributed by atoms with Crippen LogP contribution in [-0.4, -0.2) is 16.1 Å². The van der Waals surface area contributed by atoms with Gasteiger partial charge in [-0.15, -0.1) is 0 Å². The van der Waals surface area contributed by atoms with Crippen LogP contribution in [0.15, 0.2) is 30.5 Å². The average molecular weight is 253 g/mol. The molecule has 92 valence electrons. The Morgan fingerprint density at radius 3 is 2.44 bits per heavy atom. The number of carboxylic acids is 1. The van der Waals surface area contributed by atoms with Gasteiger partial charge < -0.3 is 5.11 Å². The van der Waals surface area contributed by atoms with Crippen molar-refractivity contribution in [1.29, 1.82) is 0 Å². The molecule has 0 bridgehead atoms. The van der Waals surface area contributed by atoms with Gasteiger partial charge in [0.15, 0.2) is 11.6 Å². The highest BCUT2D eigenvalue weighted by atomic mass is 19.2. The van der Waals surface area contributed by atoms with E-state index >= 15 is 0 Å². The minimum Gasteiger partial charge on any atom is -0.477 e. The number of halogens is 3. The molecule has 18 heavy (non-hydrogen) atoms. The molecule has 0 saturated carbocycles. The number of aromatic carboxylic acids is 1. The third-order valence-electron chi connectivity index (χ3n) is 2.29. The fourth-order valence-corrected chi connectivity index (χ4v) is 1.45. The summed E-state index contributed by atoms with van der Waals surface area (Å²) in [4.78, 5) is 14.1. The first-order valence-corrected chi connectivity index (χ1v) is 4.83. The Bertz CT molecular complexity index is 611. The van der Waals surface area contributed by atoms with Gasteiger partial charge in [-0.3, -0.25) is 0 Å². The Balaban J connectivity index is 2.52. The van der Waals surface area contributed by atoms with Crippen molar-refractivity contribution in [3.05, 3.63) is 53.6 Å². The predicted octanol–water partition coefficient (Wildman–Crippen LogP) is 2.86. The number of rotatable bonds is 2. The van der Waals surface area contributed by atoms with Crippen molar-refractivity contribution in [2.24, 2.45) is 0 Å². The van der Waals surface area contributed by atoms with Crippen molar-refractivity contribution in [1.82, 2.24) is 4.98 Å². The molecule has 0 unspecified atom stereocenters. The van der Waals surface area contributed by atoms with Crippen LogP contribution < -0.4 is 0 Å². The van der Waals surface area contributed by atoms with Gasteiger partial charge >= 0.3 is 5.97 Å². The fourth-order valence-electron chi connectivity index (χ4n) is 1.45. The molecule has 1 N–H and O–H groups in total. The zero-order chi connectivity index (χ0) is 13.3. The van der Waals surface area contributed by atoms with Crippen LogP contribution in [0.25, 0.3) is 11.1 Å². The lowest BCUT2D eigenvalue weighted by Crippen LogP contribution is -2.00. The molecule has 1 heterocycles. The van der Waals surface area contributed by atoms with E-state index in [0.29, 0.717) is 6.07 Å². The van der Waals surface area contributed by atoms with Crippen LogP contribution in [0.4, 0.5) is 13.2 Å². The molecule has 1 aromatic carbocycles. The van der Waals surface area contributed by atoms with Crippen molar-refractivity contribution in [2.75, 3.05) is 0 Å². The maximum absolute atomic E-state index is 13.4. The fraction of sp³-hybridized carbons (Fsp3) is 0. The van der Waals surface area contributed by atoms with Gasteiger partial charge in [0, 0.05) is 23.4 Å². The Hall–Kier alpha value is -2.37. The first kappa shape index (κ1) is 12.1. The third kappa shape index (κ3) is 2.17. The highest BCUT2D eigenvalue weighted by molar-refractivity contribution is 5.85. The summed E-state index contributed by atoms with van der Waals surface area (Å²) >= 11 is 0. The summed E-state index contributed by atoms with van der Waals surface area (Å²) in [5.74, 6) is -4.69. The monoisotopic (exact) mass is 253 g/mol. The van der Waals surface area contributed by atoms with Crippen LogP contribution in [0, 0.1) is 17.5 Å². The molecule has 0 saturated heterocycles. The number of carbonyl (C=O) groups is 1. The van der Waals surface area contributed by atoms with Crippen molar-refractivity contribution in [3.63, 3.8) is 0 Å². The summed E-state index contributed by atoms with van der Waals surface area (Å²) in [6.07, 6.45) is 1.04. The zero-order valence-electron chi connectivity index (χ0n) is 8.82. The second-order valence-corrected chi connectivity index (χ2v) is 3.49. The Labute approximate surface area is 99.5 Å². The predicted molar refractivity (Wildman–Crippen MR) is 56.5 cm³/mol. The van der Waals surface area contributed by atoms with Gasteiger partial charge in [0.2, 0.25) is 0 Å². The van der Waals surface area contributed by atoms with Crippen LogP contribution in [-0.2, 0) is 0 Å². The van der Waals surface area contributed by atoms with Gasteiger partial charge in [0.05, 0.1) is 0 Å². The smallest absolute Gasteiger partial charge is 0.354 e. The molecule has 0 aliphatic carbocycles. The third-order valence-corrected chi connectivity index (χ3v) is 2.29. The molecule has 0 spiro atoms. The second-order valence-electron chi connectivity index (χ2n) is 3.49. The summed E-state index contributed by atoms with van der Waals surface area (Å²) in [5.41, 5.74) is -0.455. The average Bonchev–Trinajstić information content (AvgIpc) is 2.34. The maximum atomic E-state index is 13.4. The molecular weight excluding hydrogens is 247 g/mol. The summed E-state index contributed by atoms with van der Waals surface area (Å²) in [6.45, 7) is 0. The highest BCUT2D eigenvalue weighted by Crippen LogP contribution is 2.25. The Kier molecular flexibility index (Phi) is 3.01. The summed E-state index contributed by atoms with van der Waals surface area (Å²) < 4.78 is 39.4. The van der Waals surface area contributed by atoms with Crippen LogP contribution in [0.1, 0.15) is 10.5 Å². The van der Waals surface area contributed by atoms with Crippen LogP contribution in [0.5, 0.6) is 0 Å². The minimum atomic E-state index is -1.31. The molecule has 6 heteroatoms. The number of nitrogens with zero attached hydrogens (tertiary/aromatic N) is 1. The van der Waals surface area contributed by atoms with Crippen molar-refractivity contribution < 1.29 is 23.1 Å². The van der Waals surface area contributed by atoms with Gasteiger partial charge in [0.1, 0.15) is 11.5 Å². The van der Waals surface area contributed by atoms with Gasteiger partial charge in [-0.05, 0) is 12.1 Å². The zero-order valence-corrected chi connectivity index (χ0v) is 8.82. The molecule has 0 atom stereocenters. The molecule has 0 aliphatic rings. The van der Waals surface area contributed by atoms with Crippen molar-refractivity contribution >= 4 is 5.97 Å². The van der Waals surface area contributed by atoms with Crippen LogP contribution in [0.3, 0.4) is 0 Å². The van der Waals surface area contributed by atoms with E-state index in [1.807, 2.05) is 0 Å². The van der Waals surface area contributed by atoms with Gasteiger partial charge in [0.25, 0.3) is 0 Å². The molecule has 2 aromatic rings. The molecular formula is C12H6F3NO2. The van der Waals surface area contributed by atoms with Crippen molar-refractivity contribution in [2.45, 2.75) is 0 Å². The summed E-state index contributed by atoms with van der Waals surface area (Å²) in [5, 5.41) is 8.63. The minimum absolute atomic E-state index is 0.0934. The molecule has 0 aliphatic heterocycles. The van der Waals surface area contributed by atoms with E-state index in [0.717, 1.165) is 18.3 Å². The number of hydrogen-bond donors (Lipinski definition) is 1. The molecule has 0 amide bonds. The number of pyridine rings is 1. The normalized spacial score (nSPS) is 10.4. The van der Waals surface area contributed by atoms with E-state index in [4.69, 9.17) is 5.11 Å². The molecule has 2 rings (SSSR count). The lowest BCUT2D eigenvalue weighted by Gasteiger charge is -2.04. The van der Waals surface area contributed by atoms with E-state index in [-0.39, 0.29) is 16.8 Å². The first-order valence-electron chi connectivity index (χ1n) is 4.83. The highest BCUT2D eigenvalue weighted by Gasteiger charge is 2.13. The Morgan fingerprint density at radius 1 is 1.17 bits per heavy atom. The van der Waals surface area contributed by atoms with E-state index in [1.54, 1.807) is 0 Å².